The number of nitrogens with two attached hydrogens (primary N) is 1. The van der Waals surface area contributed by atoms with Crippen LogP contribution in [-0.2, 0) is 35.1 Å². The topological polar surface area (TPSA) is 157 Å². The SMILES string of the molecule is Cc1cccc(C)c1C(C(=O)NC(Cc1ccccc1)C(=O)OC(C)(C)C)N(C(=O)C(CCC(N)=O)NC(=O)OC(C)(C)C)C1CC1. The highest BCUT2D eigenvalue weighted by Gasteiger charge is 2.45. The molecular weight excluding hydrogens is 600 g/mol. The summed E-state index contributed by atoms with van der Waals surface area (Å²) < 4.78 is 11.1. The molecule has 2 aromatic rings. The fourth-order valence-corrected chi connectivity index (χ4v) is 5.37. The van der Waals surface area contributed by atoms with E-state index in [-0.39, 0.29) is 25.3 Å². The number of primary amides is 1. The lowest BCUT2D eigenvalue weighted by Gasteiger charge is -2.36. The first-order chi connectivity index (χ1) is 21.9. The van der Waals surface area contributed by atoms with Crippen molar-refractivity contribution in [1.29, 1.82) is 0 Å². The normalized spacial score (nSPS) is 15.1. The third kappa shape index (κ3) is 11.4. The number of amides is 4. The van der Waals surface area contributed by atoms with E-state index in [1.807, 2.05) is 62.4 Å². The fourth-order valence-electron chi connectivity index (χ4n) is 5.37. The first kappa shape index (κ1) is 37.1. The Morgan fingerprint density at radius 2 is 1.40 bits per heavy atom. The van der Waals surface area contributed by atoms with Crippen LogP contribution in [0.5, 0.6) is 0 Å². The van der Waals surface area contributed by atoms with Gasteiger partial charge in [0.05, 0.1) is 0 Å². The molecule has 0 heterocycles. The highest BCUT2D eigenvalue weighted by atomic mass is 16.6. The Bertz CT molecular complexity index is 1420. The zero-order valence-electron chi connectivity index (χ0n) is 28.8. The monoisotopic (exact) mass is 650 g/mol. The molecular formula is C36H50N4O7. The van der Waals surface area contributed by atoms with Gasteiger partial charge in [0.2, 0.25) is 17.7 Å². The van der Waals surface area contributed by atoms with Gasteiger partial charge >= 0.3 is 12.1 Å². The number of carbonyl (C=O) groups excluding carboxylic acids is 5. The molecule has 3 atom stereocenters. The predicted molar refractivity (Wildman–Crippen MR) is 178 cm³/mol. The molecule has 1 saturated carbocycles. The number of rotatable bonds is 13. The highest BCUT2D eigenvalue weighted by molar-refractivity contribution is 5.95. The van der Waals surface area contributed by atoms with Crippen LogP contribution in [0.15, 0.2) is 48.5 Å². The van der Waals surface area contributed by atoms with Gasteiger partial charge in [-0.1, -0.05) is 48.5 Å². The Labute approximate surface area is 277 Å². The number of benzene rings is 2. The van der Waals surface area contributed by atoms with Crippen molar-refractivity contribution >= 4 is 29.8 Å². The zero-order valence-corrected chi connectivity index (χ0v) is 28.8. The first-order valence-electron chi connectivity index (χ1n) is 16.1. The predicted octanol–water partition coefficient (Wildman–Crippen LogP) is 4.56. The number of ether oxygens (including phenoxy) is 2. The molecule has 11 nitrogen and oxygen atoms in total. The van der Waals surface area contributed by atoms with E-state index in [2.05, 4.69) is 10.6 Å². The summed E-state index contributed by atoms with van der Waals surface area (Å²) in [6, 6.07) is 11.1. The molecule has 4 N–H and O–H groups in total. The number of hydrogen-bond donors (Lipinski definition) is 3. The van der Waals surface area contributed by atoms with E-state index in [0.29, 0.717) is 18.4 Å². The lowest BCUT2D eigenvalue weighted by molar-refractivity contribution is -0.159. The molecule has 3 unspecified atom stereocenters. The minimum Gasteiger partial charge on any atom is -0.458 e. The van der Waals surface area contributed by atoms with Crippen LogP contribution in [0.1, 0.15) is 95.5 Å². The van der Waals surface area contributed by atoms with Crippen molar-refractivity contribution in [3.63, 3.8) is 0 Å². The van der Waals surface area contributed by atoms with Crippen LogP contribution in [-0.4, -0.2) is 64.0 Å². The van der Waals surface area contributed by atoms with Crippen LogP contribution in [0.4, 0.5) is 4.79 Å². The van der Waals surface area contributed by atoms with Crippen molar-refractivity contribution in [3.05, 3.63) is 70.8 Å². The van der Waals surface area contributed by atoms with Crippen LogP contribution in [0.3, 0.4) is 0 Å². The van der Waals surface area contributed by atoms with E-state index < -0.39 is 59.1 Å². The maximum Gasteiger partial charge on any atom is 0.408 e. The molecule has 0 aromatic heterocycles. The Balaban J connectivity index is 2.09. The Morgan fingerprint density at radius 3 is 1.91 bits per heavy atom. The molecule has 0 spiro atoms. The highest BCUT2D eigenvalue weighted by Crippen LogP contribution is 2.38. The van der Waals surface area contributed by atoms with Gasteiger partial charge in [0, 0.05) is 18.9 Å². The molecule has 1 aliphatic rings. The van der Waals surface area contributed by atoms with Gasteiger partial charge in [-0.05, 0) is 96.9 Å². The van der Waals surface area contributed by atoms with Gasteiger partial charge in [-0.3, -0.25) is 14.4 Å². The smallest absolute Gasteiger partial charge is 0.408 e. The number of hydrogen-bond acceptors (Lipinski definition) is 7. The number of nitrogens with zero attached hydrogens (tertiary/aromatic N) is 1. The number of nitrogens with one attached hydrogen (secondary N) is 2. The Kier molecular flexibility index (Phi) is 12.2. The van der Waals surface area contributed by atoms with E-state index in [9.17, 15) is 24.0 Å². The second-order valence-corrected chi connectivity index (χ2v) is 14.2. The minimum atomic E-state index is -1.21. The number of esters is 1. The lowest BCUT2D eigenvalue weighted by Crippen LogP contribution is -2.56. The summed E-state index contributed by atoms with van der Waals surface area (Å²) in [5.41, 5.74) is 6.76. The second-order valence-electron chi connectivity index (χ2n) is 14.2. The van der Waals surface area contributed by atoms with Gasteiger partial charge in [-0.15, -0.1) is 0 Å². The molecule has 0 radical (unpaired) electrons. The molecule has 4 amide bonds. The number of aryl methyl sites for hydroxylation is 2. The van der Waals surface area contributed by atoms with E-state index in [4.69, 9.17) is 15.2 Å². The molecule has 256 valence electrons. The van der Waals surface area contributed by atoms with Crippen molar-refractivity contribution < 1.29 is 33.4 Å². The van der Waals surface area contributed by atoms with Gasteiger partial charge in [0.1, 0.15) is 29.3 Å². The molecule has 2 aromatic carbocycles. The molecule has 11 heteroatoms. The zero-order chi connectivity index (χ0) is 35.1. The van der Waals surface area contributed by atoms with Crippen LogP contribution >= 0.6 is 0 Å². The van der Waals surface area contributed by atoms with E-state index in [1.165, 1.54) is 4.90 Å². The summed E-state index contributed by atoms with van der Waals surface area (Å²) >= 11 is 0. The summed E-state index contributed by atoms with van der Waals surface area (Å²) in [5, 5.41) is 5.54. The lowest BCUT2D eigenvalue weighted by atomic mass is 9.92. The van der Waals surface area contributed by atoms with Crippen molar-refractivity contribution in [1.82, 2.24) is 15.5 Å². The third-order valence-electron chi connectivity index (χ3n) is 7.50. The maximum absolute atomic E-state index is 14.6. The summed E-state index contributed by atoms with van der Waals surface area (Å²) in [4.78, 5) is 68.8. The summed E-state index contributed by atoms with van der Waals surface area (Å²) in [7, 11) is 0. The largest absolute Gasteiger partial charge is 0.458 e. The van der Waals surface area contributed by atoms with Gasteiger partial charge in [-0.2, -0.15) is 0 Å². The summed E-state index contributed by atoms with van der Waals surface area (Å²) in [6.07, 6.45) is 0.329. The molecule has 0 aliphatic heterocycles. The van der Waals surface area contributed by atoms with Gasteiger partial charge in [0.15, 0.2) is 0 Å². The maximum atomic E-state index is 14.6. The summed E-state index contributed by atoms with van der Waals surface area (Å²) in [5.74, 6) is -2.37. The molecule has 3 rings (SSSR count). The van der Waals surface area contributed by atoms with Crippen molar-refractivity contribution in [2.24, 2.45) is 5.73 Å². The number of alkyl carbamates (subject to hydrolysis) is 1. The quantitative estimate of drug-likeness (QED) is 0.268. The van der Waals surface area contributed by atoms with E-state index in [0.717, 1.165) is 16.7 Å². The Hall–Kier alpha value is -4.41. The summed E-state index contributed by atoms with van der Waals surface area (Å²) in [6.45, 7) is 14.1. The van der Waals surface area contributed by atoms with Gasteiger partial charge in [0.25, 0.3) is 0 Å². The van der Waals surface area contributed by atoms with Crippen LogP contribution in [0, 0.1) is 13.8 Å². The first-order valence-corrected chi connectivity index (χ1v) is 16.1. The van der Waals surface area contributed by atoms with E-state index >= 15 is 0 Å². The molecule has 0 bridgehead atoms. The van der Waals surface area contributed by atoms with Crippen molar-refractivity contribution in [3.8, 4) is 0 Å². The third-order valence-corrected chi connectivity index (χ3v) is 7.50. The van der Waals surface area contributed by atoms with Gasteiger partial charge < -0.3 is 30.7 Å². The molecule has 1 aliphatic carbocycles. The fraction of sp³-hybridized carbons (Fsp3) is 0.528. The second kappa shape index (κ2) is 15.5. The molecule has 0 saturated heterocycles. The molecule has 1 fully saturated rings. The van der Waals surface area contributed by atoms with Gasteiger partial charge in [-0.25, -0.2) is 9.59 Å². The van der Waals surface area contributed by atoms with Crippen LogP contribution < -0.4 is 16.4 Å². The van der Waals surface area contributed by atoms with Crippen LogP contribution in [0.2, 0.25) is 0 Å². The van der Waals surface area contributed by atoms with E-state index in [1.54, 1.807) is 41.5 Å². The number of carbonyl (C=O) groups is 5. The average molecular weight is 651 g/mol. The Morgan fingerprint density at radius 1 is 0.830 bits per heavy atom. The van der Waals surface area contributed by atoms with Crippen molar-refractivity contribution in [2.45, 2.75) is 123 Å². The van der Waals surface area contributed by atoms with Crippen LogP contribution in [0.25, 0.3) is 0 Å². The minimum absolute atomic E-state index is 0.0910. The molecule has 47 heavy (non-hydrogen) atoms. The average Bonchev–Trinajstić information content (AvgIpc) is 3.78. The van der Waals surface area contributed by atoms with Crippen molar-refractivity contribution in [2.75, 3.05) is 0 Å². The standard InChI is InChI=1S/C36H50N4O7/c1-22-13-12-14-23(2)29(22)30(31(42)38-27(33(44)46-35(3,4)5)21-24-15-10-9-11-16-24)40(25-17-18-25)32(43)26(19-20-28(37)41)39-34(45)47-36(6,7)8/h9-16,25-27,30H,17-21H2,1-8H3,(H2,37,41)(H,38,42)(H,39,45).